The Hall–Kier alpha value is -1.84. The molecule has 0 aromatic heterocycles. The summed E-state index contributed by atoms with van der Waals surface area (Å²) in [6.45, 7) is 2.85. The number of hydrogen-bond acceptors (Lipinski definition) is 2. The number of likely N-dealkylation sites (tertiary alicyclic amines) is 1. The van der Waals surface area contributed by atoms with Crippen LogP contribution in [0, 0.1) is 0 Å². The van der Waals surface area contributed by atoms with Crippen LogP contribution in [0.4, 0.5) is 0 Å². The van der Waals surface area contributed by atoms with Gasteiger partial charge in [-0.2, -0.15) is 0 Å². The van der Waals surface area contributed by atoms with E-state index >= 15 is 0 Å². The third kappa shape index (κ3) is 3.00. The Morgan fingerprint density at radius 2 is 1.95 bits per heavy atom. The van der Waals surface area contributed by atoms with E-state index in [0.717, 1.165) is 38.6 Å². The van der Waals surface area contributed by atoms with Crippen molar-refractivity contribution in [1.29, 1.82) is 0 Å². The van der Waals surface area contributed by atoms with Gasteiger partial charge >= 0.3 is 5.97 Å². The molecule has 0 aliphatic carbocycles. The van der Waals surface area contributed by atoms with E-state index in [9.17, 15) is 14.7 Å². The Balaban J connectivity index is 2.27. The molecule has 1 atom stereocenters. The van der Waals surface area contributed by atoms with E-state index in [-0.39, 0.29) is 17.5 Å². The van der Waals surface area contributed by atoms with E-state index in [1.54, 1.807) is 18.2 Å². The van der Waals surface area contributed by atoms with Gasteiger partial charge in [0.1, 0.15) is 0 Å². The predicted octanol–water partition coefficient (Wildman–Crippen LogP) is 3.18. The maximum atomic E-state index is 12.7. The fourth-order valence-corrected chi connectivity index (χ4v) is 2.91. The zero-order valence-corrected chi connectivity index (χ0v) is 11.8. The molecule has 1 aromatic rings. The number of nitrogens with zero attached hydrogens (tertiary/aromatic N) is 1. The minimum Gasteiger partial charge on any atom is -0.478 e. The van der Waals surface area contributed by atoms with Crippen LogP contribution in [0.1, 0.15) is 59.7 Å². The first-order valence-electron chi connectivity index (χ1n) is 7.28. The second-order valence-electron chi connectivity index (χ2n) is 5.29. The van der Waals surface area contributed by atoms with Gasteiger partial charge in [0.15, 0.2) is 0 Å². The molecule has 0 radical (unpaired) electrons. The third-order valence-electron chi connectivity index (χ3n) is 3.90. The van der Waals surface area contributed by atoms with Crippen molar-refractivity contribution in [3.05, 3.63) is 35.4 Å². The molecular weight excluding hydrogens is 254 g/mol. The monoisotopic (exact) mass is 275 g/mol. The van der Waals surface area contributed by atoms with Gasteiger partial charge in [0.25, 0.3) is 5.91 Å². The first-order chi connectivity index (χ1) is 9.65. The summed E-state index contributed by atoms with van der Waals surface area (Å²) in [6.07, 6.45) is 5.20. The van der Waals surface area contributed by atoms with Crippen LogP contribution in [0.5, 0.6) is 0 Å². The molecule has 4 nitrogen and oxygen atoms in total. The maximum absolute atomic E-state index is 12.7. The lowest BCUT2D eigenvalue weighted by Crippen LogP contribution is -2.44. The van der Waals surface area contributed by atoms with E-state index < -0.39 is 5.97 Å². The van der Waals surface area contributed by atoms with Gasteiger partial charge in [-0.1, -0.05) is 25.5 Å². The molecule has 1 aliphatic heterocycles. The molecular formula is C16H21NO3. The number of carbonyl (C=O) groups is 2. The molecule has 1 aromatic carbocycles. The Labute approximate surface area is 119 Å². The van der Waals surface area contributed by atoms with Gasteiger partial charge in [-0.25, -0.2) is 4.79 Å². The van der Waals surface area contributed by atoms with Crippen molar-refractivity contribution in [3.63, 3.8) is 0 Å². The van der Waals surface area contributed by atoms with Crippen LogP contribution < -0.4 is 0 Å². The SMILES string of the molecule is CCCC1CCCCN1C(=O)c1ccccc1C(=O)O. The Morgan fingerprint density at radius 1 is 1.25 bits per heavy atom. The van der Waals surface area contributed by atoms with Crippen molar-refractivity contribution < 1.29 is 14.7 Å². The zero-order chi connectivity index (χ0) is 14.5. The molecule has 1 unspecified atom stereocenters. The van der Waals surface area contributed by atoms with E-state index in [0.29, 0.717) is 5.56 Å². The van der Waals surface area contributed by atoms with Gasteiger partial charge in [-0.3, -0.25) is 4.79 Å². The molecule has 20 heavy (non-hydrogen) atoms. The summed E-state index contributed by atoms with van der Waals surface area (Å²) in [5.74, 6) is -1.18. The van der Waals surface area contributed by atoms with E-state index in [2.05, 4.69) is 6.92 Å². The van der Waals surface area contributed by atoms with Crippen molar-refractivity contribution >= 4 is 11.9 Å². The number of hydrogen-bond donors (Lipinski definition) is 1. The largest absolute Gasteiger partial charge is 0.478 e. The number of carboxylic acids is 1. The second kappa shape index (κ2) is 6.55. The minimum absolute atomic E-state index is 0.0957. The van der Waals surface area contributed by atoms with Crippen LogP contribution in [-0.4, -0.2) is 34.5 Å². The highest BCUT2D eigenvalue weighted by Crippen LogP contribution is 2.24. The minimum atomic E-state index is -1.04. The normalized spacial score (nSPS) is 18.9. The van der Waals surface area contributed by atoms with Gasteiger partial charge in [-0.15, -0.1) is 0 Å². The summed E-state index contributed by atoms with van der Waals surface area (Å²) in [5.41, 5.74) is 0.404. The topological polar surface area (TPSA) is 57.6 Å². The average molecular weight is 275 g/mol. The van der Waals surface area contributed by atoms with Crippen molar-refractivity contribution in [2.24, 2.45) is 0 Å². The molecule has 1 N–H and O–H groups in total. The quantitative estimate of drug-likeness (QED) is 0.918. The second-order valence-corrected chi connectivity index (χ2v) is 5.29. The molecule has 0 bridgehead atoms. The van der Waals surface area contributed by atoms with E-state index in [4.69, 9.17) is 0 Å². The molecule has 1 amide bonds. The lowest BCUT2D eigenvalue weighted by atomic mass is 9.96. The van der Waals surface area contributed by atoms with Crippen molar-refractivity contribution in [2.75, 3.05) is 6.54 Å². The molecule has 108 valence electrons. The third-order valence-corrected chi connectivity index (χ3v) is 3.90. The summed E-state index contributed by atoms with van der Waals surface area (Å²) >= 11 is 0. The Kier molecular flexibility index (Phi) is 4.77. The standard InChI is InChI=1S/C16H21NO3/c1-2-7-12-8-5-6-11-17(12)15(18)13-9-3-4-10-14(13)16(19)20/h3-4,9-10,12H,2,5-8,11H2,1H3,(H,19,20). The number of carbonyl (C=O) groups excluding carboxylic acids is 1. The Bertz CT molecular complexity index is 496. The predicted molar refractivity (Wildman–Crippen MR) is 77.0 cm³/mol. The van der Waals surface area contributed by atoms with Gasteiger partial charge in [0.2, 0.25) is 0 Å². The van der Waals surface area contributed by atoms with E-state index in [1.807, 2.05) is 4.90 Å². The number of amides is 1. The summed E-state index contributed by atoms with van der Waals surface area (Å²) in [7, 11) is 0. The van der Waals surface area contributed by atoms with E-state index in [1.165, 1.54) is 6.07 Å². The van der Waals surface area contributed by atoms with Crippen LogP contribution in [0.3, 0.4) is 0 Å². The Morgan fingerprint density at radius 3 is 2.60 bits per heavy atom. The maximum Gasteiger partial charge on any atom is 0.336 e. The molecule has 1 saturated heterocycles. The van der Waals surface area contributed by atoms with Crippen LogP contribution in [0.2, 0.25) is 0 Å². The van der Waals surface area contributed by atoms with Crippen LogP contribution in [0.15, 0.2) is 24.3 Å². The number of rotatable bonds is 4. The van der Waals surface area contributed by atoms with Gasteiger partial charge in [-0.05, 0) is 37.8 Å². The van der Waals surface area contributed by atoms with Crippen molar-refractivity contribution in [3.8, 4) is 0 Å². The number of carboxylic acid groups (broad SMARTS) is 1. The first-order valence-corrected chi connectivity index (χ1v) is 7.28. The highest BCUT2D eigenvalue weighted by Gasteiger charge is 2.28. The summed E-state index contributed by atoms with van der Waals surface area (Å²) < 4.78 is 0. The summed E-state index contributed by atoms with van der Waals surface area (Å²) in [4.78, 5) is 25.8. The lowest BCUT2D eigenvalue weighted by molar-refractivity contribution is 0.0584. The summed E-state index contributed by atoms with van der Waals surface area (Å²) in [6, 6.07) is 6.74. The summed E-state index contributed by atoms with van der Waals surface area (Å²) in [5, 5.41) is 9.21. The van der Waals surface area contributed by atoms with Gasteiger partial charge in [0.05, 0.1) is 11.1 Å². The first kappa shape index (κ1) is 14.6. The van der Waals surface area contributed by atoms with Crippen LogP contribution >= 0.6 is 0 Å². The fraction of sp³-hybridized carbons (Fsp3) is 0.500. The van der Waals surface area contributed by atoms with Crippen molar-refractivity contribution in [1.82, 2.24) is 4.90 Å². The molecule has 4 heteroatoms. The van der Waals surface area contributed by atoms with Crippen LogP contribution in [0.25, 0.3) is 0 Å². The fourth-order valence-electron chi connectivity index (χ4n) is 2.91. The molecule has 2 rings (SSSR count). The number of aromatic carboxylic acids is 1. The van der Waals surface area contributed by atoms with Crippen LogP contribution in [-0.2, 0) is 0 Å². The molecule has 1 heterocycles. The molecule has 1 aliphatic rings. The van der Waals surface area contributed by atoms with Gasteiger partial charge in [0, 0.05) is 12.6 Å². The van der Waals surface area contributed by atoms with Crippen molar-refractivity contribution in [2.45, 2.75) is 45.1 Å². The number of piperidine rings is 1. The number of benzene rings is 1. The molecule has 1 fully saturated rings. The highest BCUT2D eigenvalue weighted by atomic mass is 16.4. The molecule has 0 spiro atoms. The average Bonchev–Trinajstić information content (AvgIpc) is 2.47. The van der Waals surface area contributed by atoms with Gasteiger partial charge < -0.3 is 10.0 Å². The lowest BCUT2D eigenvalue weighted by Gasteiger charge is -2.36. The zero-order valence-electron chi connectivity index (χ0n) is 11.8. The molecule has 0 saturated carbocycles. The smallest absolute Gasteiger partial charge is 0.336 e. The highest BCUT2D eigenvalue weighted by molar-refractivity contribution is 6.04.